The monoisotopic (exact) mass is 467 g/mol. The van der Waals surface area contributed by atoms with Gasteiger partial charge in [0.2, 0.25) is 0 Å². The van der Waals surface area contributed by atoms with E-state index in [2.05, 4.69) is 43.4 Å². The molecule has 1 aromatic heterocycles. The summed E-state index contributed by atoms with van der Waals surface area (Å²) in [5, 5.41) is 1.96. The molecule has 0 atom stereocenters. The van der Waals surface area contributed by atoms with E-state index < -0.39 is 0 Å². The molecule has 0 unspecified atom stereocenters. The Morgan fingerprint density at radius 3 is 2.27 bits per heavy atom. The van der Waals surface area contributed by atoms with Gasteiger partial charge in [-0.25, -0.2) is 0 Å². The Kier molecular flexibility index (Phi) is 9.56. The van der Waals surface area contributed by atoms with Crippen molar-refractivity contribution in [3.8, 4) is 11.1 Å². The molecule has 3 N–H and O–H groups in total. The van der Waals surface area contributed by atoms with Crippen LogP contribution in [0, 0.1) is 19.8 Å². The van der Waals surface area contributed by atoms with E-state index in [0.29, 0.717) is 17.4 Å². The van der Waals surface area contributed by atoms with Gasteiger partial charge in [-0.15, -0.1) is 24.8 Å². The Morgan fingerprint density at radius 2 is 1.77 bits per heavy atom. The van der Waals surface area contributed by atoms with Crippen molar-refractivity contribution in [2.75, 3.05) is 0 Å². The number of benzene rings is 1. The van der Waals surface area contributed by atoms with E-state index in [-0.39, 0.29) is 36.0 Å². The molecule has 3 rings (SSSR count). The van der Waals surface area contributed by atoms with Crippen LogP contribution in [0.3, 0.4) is 0 Å². The van der Waals surface area contributed by atoms with Crippen molar-refractivity contribution in [2.45, 2.75) is 40.7 Å². The van der Waals surface area contributed by atoms with Gasteiger partial charge in [-0.2, -0.15) is 0 Å². The Bertz CT molecular complexity index is 973. The molecule has 0 saturated carbocycles. The predicted molar refractivity (Wildman–Crippen MR) is 129 cm³/mol. The van der Waals surface area contributed by atoms with Crippen molar-refractivity contribution in [1.29, 1.82) is 0 Å². The minimum Gasteiger partial charge on any atom is -0.326 e. The SMILES string of the molecule is Cc1ccc(-c2c(C=C3SC(=O)NC3=O)c(C)nc(CC(C)C)c2CN)cc1.Cl.Cl. The lowest BCUT2D eigenvalue weighted by Gasteiger charge is -2.20. The number of nitrogens with zero attached hydrogens (tertiary/aromatic N) is 1. The smallest absolute Gasteiger partial charge is 0.290 e. The first kappa shape index (κ1) is 26.2. The fourth-order valence-corrected chi connectivity index (χ4v) is 4.04. The normalized spacial score (nSPS) is 14.5. The van der Waals surface area contributed by atoms with Crippen LogP contribution in [0.25, 0.3) is 17.2 Å². The van der Waals surface area contributed by atoms with Crippen molar-refractivity contribution in [1.82, 2.24) is 10.3 Å². The minimum atomic E-state index is -0.371. The molecule has 1 aliphatic heterocycles. The summed E-state index contributed by atoms with van der Waals surface area (Å²) in [7, 11) is 0. The average molecular weight is 468 g/mol. The highest BCUT2D eigenvalue weighted by atomic mass is 35.5. The molecule has 2 amide bonds. The maximum absolute atomic E-state index is 12.1. The molecule has 1 aromatic carbocycles. The molecular weight excluding hydrogens is 441 g/mol. The summed E-state index contributed by atoms with van der Waals surface area (Å²) in [6, 6.07) is 8.25. The molecule has 2 aromatic rings. The summed E-state index contributed by atoms with van der Waals surface area (Å²) < 4.78 is 0. The van der Waals surface area contributed by atoms with Crippen LogP contribution in [0.1, 0.15) is 41.9 Å². The van der Waals surface area contributed by atoms with Gasteiger partial charge in [0.1, 0.15) is 0 Å². The fraction of sp³-hybridized carbons (Fsp3) is 0.318. The van der Waals surface area contributed by atoms with E-state index in [9.17, 15) is 9.59 Å². The quantitative estimate of drug-likeness (QED) is 0.590. The zero-order valence-corrected chi connectivity index (χ0v) is 19.9. The lowest BCUT2D eigenvalue weighted by atomic mass is 9.89. The standard InChI is InChI=1S/C22H25N3O2S.2ClH/c1-12(2)9-18-17(11-23)20(15-7-5-13(3)6-8-15)16(14(4)24-18)10-19-21(26)25-22(27)28-19;;/h5-8,10,12H,9,11,23H2,1-4H3,(H,25,26,27);2*1H. The number of thioether (sulfide) groups is 1. The molecule has 1 fully saturated rings. The van der Waals surface area contributed by atoms with Gasteiger partial charge in [0.15, 0.2) is 0 Å². The maximum atomic E-state index is 12.1. The number of halogens is 2. The topological polar surface area (TPSA) is 85.1 Å². The Balaban J connectivity index is 0.00000225. The molecule has 0 bridgehead atoms. The highest BCUT2D eigenvalue weighted by Gasteiger charge is 2.27. The zero-order chi connectivity index (χ0) is 20.4. The molecule has 1 aliphatic rings. The van der Waals surface area contributed by atoms with Gasteiger partial charge in [-0.1, -0.05) is 43.7 Å². The number of hydrogen-bond acceptors (Lipinski definition) is 5. The van der Waals surface area contributed by atoms with E-state index in [1.807, 2.05) is 13.8 Å². The van der Waals surface area contributed by atoms with E-state index in [1.165, 1.54) is 5.56 Å². The number of carbonyl (C=O) groups excluding carboxylic acids is 2. The number of carbonyl (C=O) groups is 2. The second-order valence-electron chi connectivity index (χ2n) is 7.43. The van der Waals surface area contributed by atoms with Gasteiger partial charge < -0.3 is 5.73 Å². The number of pyridine rings is 1. The van der Waals surface area contributed by atoms with Crippen LogP contribution in [-0.4, -0.2) is 16.1 Å². The van der Waals surface area contributed by atoms with Crippen LogP contribution in [0.4, 0.5) is 4.79 Å². The van der Waals surface area contributed by atoms with Gasteiger partial charge in [0.05, 0.1) is 4.91 Å². The lowest BCUT2D eigenvalue weighted by Crippen LogP contribution is -2.18. The second kappa shape index (κ2) is 11.0. The molecule has 5 nitrogen and oxygen atoms in total. The fourth-order valence-electron chi connectivity index (χ4n) is 3.37. The maximum Gasteiger partial charge on any atom is 0.290 e. The zero-order valence-electron chi connectivity index (χ0n) is 17.4. The summed E-state index contributed by atoms with van der Waals surface area (Å²) in [5.74, 6) is 0.0749. The Labute approximate surface area is 194 Å². The molecular formula is C22H27Cl2N3O2S. The summed E-state index contributed by atoms with van der Waals surface area (Å²) in [6.07, 6.45) is 2.59. The molecule has 0 spiro atoms. The van der Waals surface area contributed by atoms with Crippen molar-refractivity contribution < 1.29 is 9.59 Å². The second-order valence-corrected chi connectivity index (χ2v) is 8.45. The van der Waals surface area contributed by atoms with Gasteiger partial charge in [0.25, 0.3) is 11.1 Å². The van der Waals surface area contributed by atoms with Gasteiger partial charge in [-0.3, -0.25) is 19.9 Å². The number of nitrogens with one attached hydrogen (secondary N) is 1. The van der Waals surface area contributed by atoms with Crippen LogP contribution in [0.5, 0.6) is 0 Å². The molecule has 0 radical (unpaired) electrons. The summed E-state index contributed by atoms with van der Waals surface area (Å²) in [5.41, 5.74) is 13.0. The molecule has 2 heterocycles. The number of amides is 2. The van der Waals surface area contributed by atoms with E-state index in [0.717, 1.165) is 51.8 Å². The third kappa shape index (κ3) is 5.64. The minimum absolute atomic E-state index is 0. The third-order valence-electron chi connectivity index (χ3n) is 4.68. The Hall–Kier alpha value is -1.86. The number of aryl methyl sites for hydroxylation is 2. The average Bonchev–Trinajstić information content (AvgIpc) is 2.94. The van der Waals surface area contributed by atoms with Crippen molar-refractivity contribution in [3.05, 3.63) is 57.2 Å². The first-order valence-electron chi connectivity index (χ1n) is 9.34. The predicted octanol–water partition coefficient (Wildman–Crippen LogP) is 5.19. The van der Waals surface area contributed by atoms with Gasteiger partial charge in [0, 0.05) is 23.5 Å². The summed E-state index contributed by atoms with van der Waals surface area (Å²) in [6.45, 7) is 8.65. The molecule has 30 heavy (non-hydrogen) atoms. The highest BCUT2D eigenvalue weighted by Crippen LogP contribution is 2.36. The summed E-state index contributed by atoms with van der Waals surface area (Å²) in [4.78, 5) is 28.9. The highest BCUT2D eigenvalue weighted by molar-refractivity contribution is 8.18. The van der Waals surface area contributed by atoms with Crippen LogP contribution >= 0.6 is 36.6 Å². The van der Waals surface area contributed by atoms with Crippen LogP contribution in [-0.2, 0) is 17.8 Å². The van der Waals surface area contributed by atoms with Crippen molar-refractivity contribution in [2.24, 2.45) is 11.7 Å². The largest absolute Gasteiger partial charge is 0.326 e. The van der Waals surface area contributed by atoms with Crippen LogP contribution in [0.15, 0.2) is 29.2 Å². The third-order valence-corrected chi connectivity index (χ3v) is 5.49. The van der Waals surface area contributed by atoms with Crippen LogP contribution in [0.2, 0.25) is 0 Å². The molecule has 1 saturated heterocycles. The van der Waals surface area contributed by atoms with E-state index in [4.69, 9.17) is 10.7 Å². The first-order chi connectivity index (χ1) is 13.3. The number of aromatic nitrogens is 1. The first-order valence-corrected chi connectivity index (χ1v) is 10.2. The van der Waals surface area contributed by atoms with Gasteiger partial charge in [-0.05, 0) is 60.7 Å². The summed E-state index contributed by atoms with van der Waals surface area (Å²) >= 11 is 0.914. The van der Waals surface area contributed by atoms with E-state index >= 15 is 0 Å². The van der Waals surface area contributed by atoms with Gasteiger partial charge >= 0.3 is 0 Å². The lowest BCUT2D eigenvalue weighted by molar-refractivity contribution is -0.115. The van der Waals surface area contributed by atoms with Crippen molar-refractivity contribution >= 4 is 53.8 Å². The van der Waals surface area contributed by atoms with E-state index in [1.54, 1.807) is 6.08 Å². The van der Waals surface area contributed by atoms with Crippen LogP contribution < -0.4 is 11.1 Å². The number of nitrogens with two attached hydrogens (primary N) is 1. The molecule has 162 valence electrons. The number of imide groups is 1. The number of hydrogen-bond donors (Lipinski definition) is 2. The van der Waals surface area contributed by atoms with Crippen molar-refractivity contribution in [3.63, 3.8) is 0 Å². The number of rotatable bonds is 5. The molecule has 0 aliphatic carbocycles. The Morgan fingerprint density at radius 1 is 1.13 bits per heavy atom. The molecule has 8 heteroatoms.